The highest BCUT2D eigenvalue weighted by Crippen LogP contribution is 2.34. The van der Waals surface area contributed by atoms with Crippen LogP contribution < -0.4 is 4.74 Å². The van der Waals surface area contributed by atoms with Crippen molar-refractivity contribution in [1.82, 2.24) is 9.80 Å². The van der Waals surface area contributed by atoms with Gasteiger partial charge in [-0.2, -0.15) is 0 Å². The van der Waals surface area contributed by atoms with E-state index in [9.17, 15) is 9.90 Å². The molecule has 0 bridgehead atoms. The van der Waals surface area contributed by atoms with Gasteiger partial charge in [-0.3, -0.25) is 4.90 Å². The Balaban J connectivity index is 1.96. The van der Waals surface area contributed by atoms with Gasteiger partial charge < -0.3 is 19.5 Å². The minimum Gasteiger partial charge on any atom is -0.497 e. The summed E-state index contributed by atoms with van der Waals surface area (Å²) in [5.74, 6) is 0.721. The highest BCUT2D eigenvalue weighted by atomic mass is 16.6. The van der Waals surface area contributed by atoms with Crippen molar-refractivity contribution in [2.45, 2.75) is 18.4 Å². The average Bonchev–Trinajstić information content (AvgIpc) is 2.53. The summed E-state index contributed by atoms with van der Waals surface area (Å²) in [5, 5.41) is 10.8. The van der Waals surface area contributed by atoms with E-state index in [1.807, 2.05) is 38.4 Å². The lowest BCUT2D eigenvalue weighted by molar-refractivity contribution is -0.0283. The minimum absolute atomic E-state index is 0.259. The summed E-state index contributed by atoms with van der Waals surface area (Å²) >= 11 is 0. The first-order valence-electron chi connectivity index (χ1n) is 7.38. The topological polar surface area (TPSA) is 62.2 Å². The van der Waals surface area contributed by atoms with Crippen molar-refractivity contribution < 1.29 is 19.4 Å². The van der Waals surface area contributed by atoms with Crippen LogP contribution in [0.15, 0.2) is 24.3 Å². The maximum absolute atomic E-state index is 11.9. The molecular weight excluding hydrogens is 284 g/mol. The number of nitrogens with zero attached hydrogens (tertiary/aromatic N) is 2. The zero-order valence-electron chi connectivity index (χ0n) is 13.4. The molecule has 6 heteroatoms. The van der Waals surface area contributed by atoms with E-state index < -0.39 is 5.60 Å². The third-order valence-corrected chi connectivity index (χ3v) is 3.90. The zero-order chi connectivity index (χ0) is 16.2. The summed E-state index contributed by atoms with van der Waals surface area (Å²) < 4.78 is 10.4. The predicted molar refractivity (Wildman–Crippen MR) is 82.7 cm³/mol. The predicted octanol–water partition coefficient (Wildman–Crippen LogP) is 1.63. The summed E-state index contributed by atoms with van der Waals surface area (Å²) in [4.78, 5) is 15.3. The lowest BCUT2D eigenvalue weighted by Gasteiger charge is -2.38. The normalized spacial score (nSPS) is 17.4. The fourth-order valence-corrected chi connectivity index (χ4v) is 2.54. The number of carbonyl (C=O) groups excluding carboxylic acids is 1. The van der Waals surface area contributed by atoms with Gasteiger partial charge in [-0.15, -0.1) is 0 Å². The van der Waals surface area contributed by atoms with Crippen molar-refractivity contribution >= 4 is 6.09 Å². The zero-order valence-corrected chi connectivity index (χ0v) is 13.4. The second kappa shape index (κ2) is 6.98. The number of hydrogen-bond donors (Lipinski definition) is 1. The monoisotopic (exact) mass is 308 g/mol. The number of aliphatic hydroxyl groups is 1. The molecule has 0 unspecified atom stereocenters. The molecular formula is C16H24N2O4. The van der Waals surface area contributed by atoms with Gasteiger partial charge in [0.1, 0.15) is 12.5 Å². The van der Waals surface area contributed by atoms with Crippen molar-refractivity contribution in [3.05, 3.63) is 29.8 Å². The standard InChI is InChI=1S/C16H24N2O4/c1-17(2)12-22-15(19)18-9-7-16(20,8-10-18)13-5-4-6-14(11-13)21-3/h4-6,11,20H,7-10,12H2,1-3H3. The van der Waals surface area contributed by atoms with Crippen LogP contribution in [0.25, 0.3) is 0 Å². The average molecular weight is 308 g/mol. The summed E-state index contributed by atoms with van der Waals surface area (Å²) in [5.41, 5.74) is -0.0967. The van der Waals surface area contributed by atoms with Gasteiger partial charge in [-0.05, 0) is 44.6 Å². The Morgan fingerprint density at radius 1 is 1.36 bits per heavy atom. The number of amides is 1. The maximum Gasteiger partial charge on any atom is 0.411 e. The lowest BCUT2D eigenvalue weighted by atomic mass is 9.84. The second-order valence-electron chi connectivity index (χ2n) is 5.87. The molecule has 22 heavy (non-hydrogen) atoms. The van der Waals surface area contributed by atoms with Gasteiger partial charge in [0.2, 0.25) is 0 Å². The first kappa shape index (κ1) is 16.6. The van der Waals surface area contributed by atoms with Gasteiger partial charge in [-0.1, -0.05) is 12.1 Å². The summed E-state index contributed by atoms with van der Waals surface area (Å²) in [6.07, 6.45) is 0.635. The molecule has 122 valence electrons. The number of hydrogen-bond acceptors (Lipinski definition) is 5. The fourth-order valence-electron chi connectivity index (χ4n) is 2.54. The van der Waals surface area contributed by atoms with Crippen LogP contribution >= 0.6 is 0 Å². The molecule has 1 heterocycles. The van der Waals surface area contributed by atoms with Gasteiger partial charge in [0.25, 0.3) is 0 Å². The molecule has 1 N–H and O–H groups in total. The van der Waals surface area contributed by atoms with Gasteiger partial charge in [0.05, 0.1) is 12.7 Å². The first-order valence-corrected chi connectivity index (χ1v) is 7.38. The number of benzene rings is 1. The van der Waals surface area contributed by atoms with Gasteiger partial charge in [0.15, 0.2) is 0 Å². The lowest BCUT2D eigenvalue weighted by Crippen LogP contribution is -2.45. The highest BCUT2D eigenvalue weighted by Gasteiger charge is 2.36. The van der Waals surface area contributed by atoms with Crippen LogP contribution in [-0.4, -0.2) is 62.0 Å². The Hall–Kier alpha value is -1.79. The molecule has 0 spiro atoms. The molecule has 1 aromatic carbocycles. The molecule has 2 rings (SSSR count). The van der Waals surface area contributed by atoms with Crippen LogP contribution in [0.2, 0.25) is 0 Å². The third-order valence-electron chi connectivity index (χ3n) is 3.90. The van der Waals surface area contributed by atoms with Crippen molar-refractivity contribution in [1.29, 1.82) is 0 Å². The summed E-state index contributed by atoms with van der Waals surface area (Å²) in [7, 11) is 5.28. The number of methoxy groups -OCH3 is 1. The van der Waals surface area contributed by atoms with Crippen LogP contribution in [0.3, 0.4) is 0 Å². The van der Waals surface area contributed by atoms with Crippen LogP contribution in [0.5, 0.6) is 5.75 Å². The molecule has 0 saturated carbocycles. The minimum atomic E-state index is -0.924. The highest BCUT2D eigenvalue weighted by molar-refractivity contribution is 5.67. The van der Waals surface area contributed by atoms with Crippen LogP contribution in [0.4, 0.5) is 4.79 Å². The molecule has 0 aromatic heterocycles. The van der Waals surface area contributed by atoms with Gasteiger partial charge in [0, 0.05) is 13.1 Å². The molecule has 6 nitrogen and oxygen atoms in total. The molecule has 0 radical (unpaired) electrons. The van der Waals surface area contributed by atoms with Crippen LogP contribution in [0, 0.1) is 0 Å². The largest absolute Gasteiger partial charge is 0.497 e. The second-order valence-corrected chi connectivity index (χ2v) is 5.87. The number of piperidine rings is 1. The Morgan fingerprint density at radius 3 is 2.64 bits per heavy atom. The van der Waals surface area contributed by atoms with Crippen LogP contribution in [0.1, 0.15) is 18.4 Å². The first-order chi connectivity index (χ1) is 10.4. The molecule has 1 aromatic rings. The SMILES string of the molecule is COc1cccc(C2(O)CCN(C(=O)OCN(C)C)CC2)c1. The maximum atomic E-state index is 11.9. The molecule has 1 amide bonds. The fraction of sp³-hybridized carbons (Fsp3) is 0.562. The number of likely N-dealkylation sites (tertiary alicyclic amines) is 1. The van der Waals surface area contributed by atoms with Crippen molar-refractivity contribution in [2.24, 2.45) is 0 Å². The number of carbonyl (C=O) groups is 1. The summed E-state index contributed by atoms with van der Waals surface area (Å²) in [6.45, 7) is 1.20. The van der Waals surface area contributed by atoms with E-state index in [1.54, 1.807) is 16.9 Å². The Morgan fingerprint density at radius 2 is 2.05 bits per heavy atom. The number of ether oxygens (including phenoxy) is 2. The Labute approximate surface area is 131 Å². The van der Waals surface area contributed by atoms with E-state index in [0.717, 1.165) is 11.3 Å². The Bertz CT molecular complexity index is 511. The molecule has 1 saturated heterocycles. The molecule has 0 atom stereocenters. The summed E-state index contributed by atoms with van der Waals surface area (Å²) in [6, 6.07) is 7.45. The molecule has 1 fully saturated rings. The van der Waals surface area contributed by atoms with E-state index in [1.165, 1.54) is 0 Å². The van der Waals surface area contributed by atoms with Crippen molar-refractivity contribution in [2.75, 3.05) is 41.0 Å². The molecule has 1 aliphatic heterocycles. The van der Waals surface area contributed by atoms with Gasteiger partial charge in [-0.25, -0.2) is 4.79 Å². The van der Waals surface area contributed by atoms with Crippen molar-refractivity contribution in [3.63, 3.8) is 0 Å². The van der Waals surface area contributed by atoms with Gasteiger partial charge >= 0.3 is 6.09 Å². The van der Waals surface area contributed by atoms with Crippen LogP contribution in [-0.2, 0) is 10.3 Å². The Kier molecular flexibility index (Phi) is 5.26. The smallest absolute Gasteiger partial charge is 0.411 e. The molecule has 0 aliphatic carbocycles. The van der Waals surface area contributed by atoms with E-state index in [4.69, 9.17) is 9.47 Å². The van der Waals surface area contributed by atoms with Crippen molar-refractivity contribution in [3.8, 4) is 5.75 Å². The molecule has 1 aliphatic rings. The number of rotatable bonds is 4. The van der Waals surface area contributed by atoms with E-state index in [0.29, 0.717) is 25.9 Å². The van der Waals surface area contributed by atoms with E-state index >= 15 is 0 Å². The quantitative estimate of drug-likeness (QED) is 0.857. The van der Waals surface area contributed by atoms with E-state index in [2.05, 4.69) is 0 Å². The van der Waals surface area contributed by atoms with E-state index in [-0.39, 0.29) is 12.8 Å². The third kappa shape index (κ3) is 3.90.